The molecule has 3 aliphatic heterocycles. The van der Waals surface area contributed by atoms with E-state index in [1.807, 2.05) is 0 Å². The molecule has 0 saturated carbocycles. The molecule has 214 valence electrons. The van der Waals surface area contributed by atoms with Crippen LogP contribution in [-0.4, -0.2) is 86.1 Å². The van der Waals surface area contributed by atoms with E-state index in [9.17, 15) is 13.7 Å². The number of benzene rings is 1. The Bertz CT molecular complexity index is 1410. The van der Waals surface area contributed by atoms with Crippen molar-refractivity contribution < 1.29 is 13.2 Å². The monoisotopic (exact) mass is 565 g/mol. The van der Waals surface area contributed by atoms with E-state index in [2.05, 4.69) is 66.4 Å². The Hall–Kier alpha value is -3.20. The van der Waals surface area contributed by atoms with Crippen LogP contribution in [0.15, 0.2) is 30.2 Å². The number of ether oxygens (including phenoxy) is 1. The lowest BCUT2D eigenvalue weighted by atomic mass is 10.0. The number of likely N-dealkylation sites (N-methyl/N-ethyl adjacent to an activating group) is 1. The van der Waals surface area contributed by atoms with Crippen LogP contribution in [-0.2, 0) is 23.0 Å². The van der Waals surface area contributed by atoms with Crippen molar-refractivity contribution >= 4 is 21.5 Å². The predicted octanol–water partition coefficient (Wildman–Crippen LogP) is 3.01. The Kier molecular flexibility index (Phi) is 8.31. The van der Waals surface area contributed by atoms with Gasteiger partial charge in [0.2, 0.25) is 10.0 Å². The molecule has 4 heterocycles. The zero-order valence-corrected chi connectivity index (χ0v) is 24.5. The van der Waals surface area contributed by atoms with Crippen molar-refractivity contribution in [1.82, 2.24) is 19.2 Å². The van der Waals surface area contributed by atoms with E-state index in [-0.39, 0.29) is 13.0 Å². The molecule has 0 unspecified atom stereocenters. The Balaban J connectivity index is 1.47. The molecule has 0 N–H and O–H groups in total. The Morgan fingerprint density at radius 2 is 1.98 bits per heavy atom. The number of piperazine rings is 1. The number of hydrogen-bond donors (Lipinski definition) is 0. The third-order valence-electron chi connectivity index (χ3n) is 8.61. The molecule has 11 heteroatoms. The number of aryl methyl sites for hydroxylation is 1. The van der Waals surface area contributed by atoms with Gasteiger partial charge in [-0.1, -0.05) is 18.7 Å². The van der Waals surface area contributed by atoms with Crippen LogP contribution in [0.5, 0.6) is 6.01 Å². The zero-order valence-electron chi connectivity index (χ0n) is 23.7. The van der Waals surface area contributed by atoms with E-state index in [0.29, 0.717) is 38.3 Å². The summed E-state index contributed by atoms with van der Waals surface area (Å²) < 4.78 is 32.9. The van der Waals surface area contributed by atoms with Crippen LogP contribution in [0.25, 0.3) is 0 Å². The highest BCUT2D eigenvalue weighted by Gasteiger charge is 2.36. The average Bonchev–Trinajstić information content (AvgIpc) is 3.37. The summed E-state index contributed by atoms with van der Waals surface area (Å²) in [4.78, 5) is 16.6. The predicted molar refractivity (Wildman–Crippen MR) is 156 cm³/mol. The summed E-state index contributed by atoms with van der Waals surface area (Å²) >= 11 is 0. The van der Waals surface area contributed by atoms with Gasteiger partial charge in [-0.25, -0.2) is 8.42 Å². The fourth-order valence-electron chi connectivity index (χ4n) is 6.09. The molecule has 1 aromatic heterocycles. The highest BCUT2D eigenvalue weighted by Crippen LogP contribution is 2.34. The summed E-state index contributed by atoms with van der Waals surface area (Å²) in [5.74, 6) is 0.791. The summed E-state index contributed by atoms with van der Waals surface area (Å²) in [6.07, 6.45) is 3.10. The third kappa shape index (κ3) is 5.66. The lowest BCUT2D eigenvalue weighted by molar-refractivity contribution is 0.187. The van der Waals surface area contributed by atoms with Gasteiger partial charge in [0, 0.05) is 48.9 Å². The van der Waals surface area contributed by atoms with Crippen molar-refractivity contribution in [2.75, 3.05) is 56.2 Å². The van der Waals surface area contributed by atoms with E-state index in [1.54, 1.807) is 0 Å². The summed E-state index contributed by atoms with van der Waals surface area (Å²) in [5.41, 5.74) is 5.73. The second-order valence-electron chi connectivity index (χ2n) is 11.0. The number of fused-ring (bicyclic) bond motifs is 1. The van der Waals surface area contributed by atoms with Crippen molar-refractivity contribution in [3.8, 4) is 12.1 Å². The van der Waals surface area contributed by atoms with Crippen LogP contribution < -0.4 is 14.5 Å². The molecule has 2 atom stereocenters. The van der Waals surface area contributed by atoms with Gasteiger partial charge in [0.15, 0.2) is 0 Å². The van der Waals surface area contributed by atoms with E-state index < -0.39 is 16.1 Å². The summed E-state index contributed by atoms with van der Waals surface area (Å²) in [7, 11) is -1.52. The van der Waals surface area contributed by atoms with E-state index >= 15 is 0 Å². The van der Waals surface area contributed by atoms with Gasteiger partial charge in [-0.15, -0.1) is 0 Å². The lowest BCUT2D eigenvalue weighted by Crippen LogP contribution is -2.55. The van der Waals surface area contributed by atoms with Gasteiger partial charge in [-0.05, 0) is 63.9 Å². The number of sulfonamides is 1. The van der Waals surface area contributed by atoms with Crippen molar-refractivity contribution in [2.45, 2.75) is 58.2 Å². The number of anilines is 2. The van der Waals surface area contributed by atoms with Gasteiger partial charge in [0.1, 0.15) is 12.4 Å². The fourth-order valence-corrected chi connectivity index (χ4v) is 7.18. The second kappa shape index (κ2) is 11.7. The number of nitrogens with zero attached hydrogens (tertiary/aromatic N) is 7. The highest BCUT2D eigenvalue weighted by molar-refractivity contribution is 7.92. The van der Waals surface area contributed by atoms with Gasteiger partial charge in [0.05, 0.1) is 30.8 Å². The molecule has 40 heavy (non-hydrogen) atoms. The van der Waals surface area contributed by atoms with E-state index in [1.165, 1.54) is 21.1 Å². The largest absolute Gasteiger partial charge is 0.462 e. The minimum absolute atomic E-state index is 0.0919. The van der Waals surface area contributed by atoms with Crippen LogP contribution in [0.3, 0.4) is 0 Å². The van der Waals surface area contributed by atoms with Crippen molar-refractivity contribution in [3.05, 3.63) is 52.6 Å². The smallest absolute Gasteiger partial charge is 0.318 e. The number of nitriles is 1. The van der Waals surface area contributed by atoms with Crippen LogP contribution >= 0.6 is 0 Å². The minimum atomic E-state index is -3.64. The van der Waals surface area contributed by atoms with Crippen LogP contribution in [0.1, 0.15) is 41.6 Å². The number of likely N-dealkylation sites (tertiary alicyclic amines) is 1. The SMILES string of the molecule is C=CS(=O)(=O)N1CCN(c2nc(OC[C@@H]3CCCN3C)nc3c2CCN(c2cccc(C)c2C)C3)C[C@@H]1CC#N. The highest BCUT2D eigenvalue weighted by atomic mass is 32.2. The molecular weight excluding hydrogens is 526 g/mol. The maximum atomic E-state index is 12.7. The number of rotatable bonds is 8. The van der Waals surface area contributed by atoms with Gasteiger partial charge in [-0.3, -0.25) is 0 Å². The molecular formula is C29H39N7O3S. The average molecular weight is 566 g/mol. The van der Waals surface area contributed by atoms with Crippen molar-refractivity contribution in [3.63, 3.8) is 0 Å². The maximum absolute atomic E-state index is 12.7. The van der Waals surface area contributed by atoms with Crippen LogP contribution in [0.4, 0.5) is 11.5 Å². The summed E-state index contributed by atoms with van der Waals surface area (Å²) in [6, 6.07) is 8.76. The first-order valence-electron chi connectivity index (χ1n) is 14.0. The molecule has 10 nitrogen and oxygen atoms in total. The lowest BCUT2D eigenvalue weighted by Gasteiger charge is -2.41. The molecule has 2 saturated heterocycles. The standard InChI is InChI=1S/C29H39N7O3S/c1-5-40(37,38)36-17-16-35(18-23(36)11-13-30)28-25-12-15-34(27-10-6-8-21(2)22(27)3)19-26(25)31-29(32-28)39-20-24-9-7-14-33(24)4/h5-6,8,10,23-24H,1,7,9,11-12,14-20H2,2-4H3/t23-,24-/m0/s1. The molecule has 0 amide bonds. The maximum Gasteiger partial charge on any atom is 0.318 e. The van der Waals surface area contributed by atoms with Gasteiger partial charge in [0.25, 0.3) is 0 Å². The molecule has 5 rings (SSSR count). The van der Waals surface area contributed by atoms with Gasteiger partial charge >= 0.3 is 6.01 Å². The van der Waals surface area contributed by atoms with Crippen molar-refractivity contribution in [2.24, 2.45) is 0 Å². The Morgan fingerprint density at radius 3 is 2.70 bits per heavy atom. The van der Waals surface area contributed by atoms with Crippen LogP contribution in [0.2, 0.25) is 0 Å². The minimum Gasteiger partial charge on any atom is -0.462 e. The molecule has 0 aliphatic carbocycles. The Labute approximate surface area is 237 Å². The molecule has 0 radical (unpaired) electrons. The number of hydrogen-bond acceptors (Lipinski definition) is 9. The molecule has 2 fully saturated rings. The first-order chi connectivity index (χ1) is 19.2. The first kappa shape index (κ1) is 28.3. The van der Waals surface area contributed by atoms with Crippen molar-refractivity contribution in [1.29, 1.82) is 5.26 Å². The van der Waals surface area contributed by atoms with Crippen LogP contribution in [0, 0.1) is 25.2 Å². The number of aromatic nitrogens is 2. The van der Waals surface area contributed by atoms with E-state index in [4.69, 9.17) is 14.7 Å². The van der Waals surface area contributed by atoms with E-state index in [0.717, 1.165) is 54.8 Å². The molecule has 3 aliphatic rings. The molecule has 0 bridgehead atoms. The second-order valence-corrected chi connectivity index (χ2v) is 12.8. The van der Waals surface area contributed by atoms with Gasteiger partial charge < -0.3 is 19.4 Å². The normalized spacial score (nSPS) is 22.1. The van der Waals surface area contributed by atoms with Gasteiger partial charge in [-0.2, -0.15) is 19.5 Å². The summed E-state index contributed by atoms with van der Waals surface area (Å²) in [6.45, 7) is 11.9. The zero-order chi connectivity index (χ0) is 28.4. The molecule has 1 aromatic carbocycles. The topological polar surface area (TPSA) is 106 Å². The first-order valence-corrected chi connectivity index (χ1v) is 15.5. The quantitative estimate of drug-likeness (QED) is 0.478. The Morgan fingerprint density at radius 1 is 1.15 bits per heavy atom. The fraction of sp³-hybridized carbons (Fsp3) is 0.552. The molecule has 2 aromatic rings. The summed E-state index contributed by atoms with van der Waals surface area (Å²) in [5, 5.41) is 10.4. The third-order valence-corrected chi connectivity index (χ3v) is 10.2. The molecule has 0 spiro atoms.